The van der Waals surface area contributed by atoms with Crippen molar-refractivity contribution in [3.63, 3.8) is 0 Å². The second-order valence-electron chi connectivity index (χ2n) is 35.3. The predicted molar refractivity (Wildman–Crippen MR) is 637 cm³/mol. The highest BCUT2D eigenvalue weighted by Gasteiger charge is 2.31. The van der Waals surface area contributed by atoms with Gasteiger partial charge in [-0.25, -0.2) is 0 Å². The second kappa shape index (κ2) is 59.1. The highest BCUT2D eigenvalue weighted by molar-refractivity contribution is 6.02. The molecule has 24 rings (SSSR count). The van der Waals surface area contributed by atoms with Gasteiger partial charge in [0.1, 0.15) is 0 Å². The third-order valence-electron chi connectivity index (χ3n) is 28.4. The molecule has 0 saturated heterocycles. The largest absolute Gasteiger partial charge is 0.0776 e. The summed E-state index contributed by atoms with van der Waals surface area (Å²) in [5.74, 6) is 0. The molecule has 0 heterocycles. The average Bonchev–Trinajstić information content (AvgIpc) is 1.56. The van der Waals surface area contributed by atoms with Crippen molar-refractivity contribution in [1.82, 2.24) is 0 Å². The van der Waals surface area contributed by atoms with E-state index in [4.69, 9.17) is 0 Å². The van der Waals surface area contributed by atoms with Crippen LogP contribution in [0.25, 0.3) is 99.1 Å². The fourth-order valence-electron chi connectivity index (χ4n) is 21.3. The zero-order valence-electron chi connectivity index (χ0n) is 93.5. The molecule has 0 bridgehead atoms. The normalized spacial score (nSPS) is 12.1. The molecule has 140 heavy (non-hydrogen) atoms. The predicted octanol–water partition coefficient (Wildman–Crippen LogP) is 42.9. The van der Waals surface area contributed by atoms with Crippen LogP contribution in [0.15, 0.2) is 218 Å². The van der Waals surface area contributed by atoms with Gasteiger partial charge in [0.05, 0.1) is 0 Å². The SMILES string of the molecule is C.C.CC.CC.CC.CC.CC.CC.CC.CC.CC.CC.CC.CC.Cc1cc2c(cc1C)-c1c(ccc3ccccc13)C2.Cc1cc2c(cc1C)-c1cc3ccccc3cc1C2.Cc1cc2c(cc1C)-c1ccc3ccccc3c1C2.Cc1ccc2c(c1C)-c1c(ccc3c1CCCC3)C2.Cc1ccc2c(c1C)-c1cc3c(cc1C2)CCCC3.Cc1ccc2c(c1C)-c1ccc3c(c1C2)CCCC3. The van der Waals surface area contributed by atoms with Crippen LogP contribution in [0.5, 0.6) is 0 Å². The highest BCUT2D eigenvalue weighted by atomic mass is 14.3. The van der Waals surface area contributed by atoms with Crippen LogP contribution in [-0.2, 0) is 77.0 Å². The van der Waals surface area contributed by atoms with Crippen molar-refractivity contribution in [1.29, 1.82) is 0 Å². The Morgan fingerprint density at radius 3 is 0.979 bits per heavy atom. The molecule has 9 aliphatic carbocycles. The zero-order valence-corrected chi connectivity index (χ0v) is 93.5. The zero-order chi connectivity index (χ0) is 102. The van der Waals surface area contributed by atoms with Crippen molar-refractivity contribution in [2.75, 3.05) is 0 Å². The van der Waals surface area contributed by atoms with Crippen molar-refractivity contribution in [3.8, 4) is 66.8 Å². The molecule has 0 unspecified atom stereocenters. The average molecular weight is 1870 g/mol. The Bertz CT molecular complexity index is 6440. The third-order valence-corrected chi connectivity index (χ3v) is 28.4. The Morgan fingerprint density at radius 2 is 0.443 bits per heavy atom. The smallest absolute Gasteiger partial charge is 0.000718 e. The Balaban J connectivity index is 0.000000283. The van der Waals surface area contributed by atoms with E-state index in [9.17, 15) is 0 Å². The lowest BCUT2D eigenvalue weighted by atomic mass is 9.84. The molecular weight excluding hydrogens is 1680 g/mol. The van der Waals surface area contributed by atoms with E-state index >= 15 is 0 Å². The maximum Gasteiger partial charge on any atom is -0.000718 e. The summed E-state index contributed by atoms with van der Waals surface area (Å²) in [4.78, 5) is 0. The number of hydrogen-bond donors (Lipinski definition) is 0. The van der Waals surface area contributed by atoms with Crippen molar-refractivity contribution < 1.29 is 0 Å². The molecule has 15 aromatic rings. The lowest BCUT2D eigenvalue weighted by molar-refractivity contribution is 0.681. The van der Waals surface area contributed by atoms with Crippen molar-refractivity contribution in [2.24, 2.45) is 0 Å². The summed E-state index contributed by atoms with van der Waals surface area (Å²) < 4.78 is 0. The molecule has 15 aromatic carbocycles. The summed E-state index contributed by atoms with van der Waals surface area (Å²) in [5, 5.41) is 8.18. The van der Waals surface area contributed by atoms with Crippen LogP contribution in [0.3, 0.4) is 0 Å². The van der Waals surface area contributed by atoms with E-state index in [2.05, 4.69) is 301 Å². The van der Waals surface area contributed by atoms with Gasteiger partial charge >= 0.3 is 0 Å². The molecule has 748 valence electrons. The van der Waals surface area contributed by atoms with Gasteiger partial charge in [-0.15, -0.1) is 0 Å². The van der Waals surface area contributed by atoms with E-state index in [1.165, 1.54) is 282 Å². The Kier molecular flexibility index (Phi) is 50.5. The first-order valence-electron chi connectivity index (χ1n) is 55.0. The molecule has 9 aliphatic rings. The van der Waals surface area contributed by atoms with Crippen LogP contribution >= 0.6 is 0 Å². The topological polar surface area (TPSA) is 0 Å². The van der Waals surface area contributed by atoms with Crippen molar-refractivity contribution in [2.45, 2.75) is 380 Å². The minimum absolute atomic E-state index is 0. The van der Waals surface area contributed by atoms with Gasteiger partial charge in [0.2, 0.25) is 0 Å². The molecule has 0 radical (unpaired) electrons. The molecule has 0 saturated carbocycles. The van der Waals surface area contributed by atoms with Crippen molar-refractivity contribution in [3.05, 3.63) is 385 Å². The highest BCUT2D eigenvalue weighted by Crippen LogP contribution is 2.50. The molecule has 0 N–H and O–H groups in total. The third kappa shape index (κ3) is 26.1. The molecule has 0 heteroatoms. The first-order chi connectivity index (χ1) is 67.4. The first-order valence-corrected chi connectivity index (χ1v) is 55.0. The van der Waals surface area contributed by atoms with E-state index in [0.717, 1.165) is 38.5 Å². The minimum atomic E-state index is 0. The monoisotopic (exact) mass is 1870 g/mol. The van der Waals surface area contributed by atoms with Crippen LogP contribution in [0.1, 0.15) is 386 Å². The maximum atomic E-state index is 2.50. The van der Waals surface area contributed by atoms with E-state index < -0.39 is 0 Å². The van der Waals surface area contributed by atoms with E-state index in [0.29, 0.717) is 0 Å². The lowest BCUT2D eigenvalue weighted by Gasteiger charge is -2.20. The molecule has 0 spiro atoms. The maximum absolute atomic E-state index is 2.50. The summed E-state index contributed by atoms with van der Waals surface area (Å²) in [6.07, 6.45) is 22.6. The van der Waals surface area contributed by atoms with Gasteiger partial charge in [-0.3, -0.25) is 0 Å². The van der Waals surface area contributed by atoms with E-state index in [1.54, 1.807) is 61.2 Å². The van der Waals surface area contributed by atoms with Crippen molar-refractivity contribution >= 4 is 32.3 Å². The fourth-order valence-corrected chi connectivity index (χ4v) is 21.3. The summed E-state index contributed by atoms with van der Waals surface area (Å²) >= 11 is 0. The summed E-state index contributed by atoms with van der Waals surface area (Å²) in [7, 11) is 0. The first kappa shape index (κ1) is 120. The van der Waals surface area contributed by atoms with Crippen LogP contribution in [-0.4, -0.2) is 0 Å². The summed E-state index contributed by atoms with van der Waals surface area (Å²) in [6, 6.07) is 82.4. The number of rotatable bonds is 0. The fraction of sp³-hybridized carbons (Fsp3) is 0.400. The van der Waals surface area contributed by atoms with Crippen LogP contribution in [0.2, 0.25) is 0 Å². The molecule has 0 aliphatic heterocycles. The molecule has 0 amide bonds. The second-order valence-corrected chi connectivity index (χ2v) is 35.3. The molecule has 0 fully saturated rings. The van der Waals surface area contributed by atoms with E-state index in [-0.39, 0.29) is 14.9 Å². The summed E-state index contributed by atoms with van der Waals surface area (Å²) in [5.41, 5.74) is 63.0. The van der Waals surface area contributed by atoms with Gasteiger partial charge in [0.15, 0.2) is 0 Å². The number of benzene rings is 15. The van der Waals surface area contributed by atoms with Gasteiger partial charge in [0, 0.05) is 0 Å². The molecule has 0 nitrogen and oxygen atoms in total. The lowest BCUT2D eigenvalue weighted by Crippen LogP contribution is -2.05. The molecular formula is C140H188. The van der Waals surface area contributed by atoms with Gasteiger partial charge in [-0.2, -0.15) is 0 Å². The Morgan fingerprint density at radius 1 is 0.150 bits per heavy atom. The summed E-state index contributed by atoms with van der Waals surface area (Å²) in [6.45, 7) is 74.8. The Hall–Kier alpha value is -10.9. The molecule has 0 atom stereocenters. The van der Waals surface area contributed by atoms with Gasteiger partial charge < -0.3 is 0 Å². The van der Waals surface area contributed by atoms with Gasteiger partial charge in [-0.05, 0) is 471 Å². The minimum Gasteiger partial charge on any atom is -0.0776 e. The van der Waals surface area contributed by atoms with Gasteiger partial charge in [-0.1, -0.05) is 393 Å². The Labute approximate surface area is 858 Å². The quantitative estimate of drug-likeness (QED) is 0.142. The number of hydrogen-bond acceptors (Lipinski definition) is 0. The number of aryl methyl sites for hydroxylation is 13. The van der Waals surface area contributed by atoms with Crippen LogP contribution in [0.4, 0.5) is 0 Å². The number of fused-ring (bicyclic) bond motifs is 28. The standard InChI is InChI=1S/3C19H16.3C19H20.12C2H6.2CH4/c1-12-7-16-10-17-9-14-5-3-4-6-15(14)11-19(17)18(16)8-13(12)2;1-12-9-15-11-19-16-6-4-3-5-14(16)7-8-17(19)18(15)10-13(12)2;1-12-9-16-11-15-8-7-14-5-3-4-6-17(14)19(15)18(16)10-13(12)2;1-12-7-8-16-10-17-9-14-5-3-4-6-15(14)11-18(17)19(16)13(12)2;1-12-7-8-15-11-16-10-9-14-5-3-4-6-17(14)19(16)18(15)13(12)2;1-12-7-8-15-11-18-16-6-4-3-5-14(16)9-10-17(18)19(15)13(12)2;12*1-2;;/h3-9,11H,10H2,1-2H3;2*3-10H,11H2,1-2H3;7-9,11H,3-6,10H2,1-2H3;2*7-10H,3-6,11H2,1-2H3;12*1-2H3;2*1H4. The van der Waals surface area contributed by atoms with Gasteiger partial charge in [0.25, 0.3) is 0 Å². The van der Waals surface area contributed by atoms with Crippen LogP contribution < -0.4 is 0 Å². The van der Waals surface area contributed by atoms with Crippen LogP contribution in [0, 0.1) is 83.1 Å². The molecule has 0 aromatic heterocycles. The van der Waals surface area contributed by atoms with E-state index in [1.807, 2.05) is 166 Å².